The molecule has 3 unspecified atom stereocenters. The number of nitrogens with zero attached hydrogens (tertiary/aromatic N) is 1. The average molecular weight is 281 g/mol. The van der Waals surface area contributed by atoms with Crippen molar-refractivity contribution in [2.24, 2.45) is 17.6 Å². The SMILES string of the molecule is CC(N)Cc1ccc(N2CC(C)CC(C)C2)c(Cl)c1. The third kappa shape index (κ3) is 3.87. The molecule has 2 N–H and O–H groups in total. The Hall–Kier alpha value is -0.730. The van der Waals surface area contributed by atoms with Gasteiger partial charge in [0.15, 0.2) is 0 Å². The molecule has 1 saturated heterocycles. The number of piperidine rings is 1. The zero-order chi connectivity index (χ0) is 14.0. The number of halogens is 1. The van der Waals surface area contributed by atoms with Crippen LogP contribution in [0.5, 0.6) is 0 Å². The minimum Gasteiger partial charge on any atom is -0.370 e. The first-order valence-corrected chi connectivity index (χ1v) is 7.62. The molecule has 106 valence electrons. The Kier molecular flexibility index (Phi) is 4.75. The van der Waals surface area contributed by atoms with E-state index in [9.17, 15) is 0 Å². The van der Waals surface area contributed by atoms with Crippen molar-refractivity contribution in [3.63, 3.8) is 0 Å². The summed E-state index contributed by atoms with van der Waals surface area (Å²) in [5, 5.41) is 0.861. The van der Waals surface area contributed by atoms with Crippen LogP contribution in [-0.4, -0.2) is 19.1 Å². The van der Waals surface area contributed by atoms with Gasteiger partial charge in [0.25, 0.3) is 0 Å². The molecular weight excluding hydrogens is 256 g/mol. The molecule has 0 bridgehead atoms. The third-order valence-corrected chi connectivity index (χ3v) is 4.08. The second kappa shape index (κ2) is 6.15. The van der Waals surface area contributed by atoms with Gasteiger partial charge in [-0.2, -0.15) is 0 Å². The Morgan fingerprint density at radius 1 is 1.32 bits per heavy atom. The Labute approximate surface area is 121 Å². The highest BCUT2D eigenvalue weighted by Gasteiger charge is 2.23. The minimum absolute atomic E-state index is 0.178. The molecule has 19 heavy (non-hydrogen) atoms. The summed E-state index contributed by atoms with van der Waals surface area (Å²) in [6.45, 7) is 8.88. The zero-order valence-corrected chi connectivity index (χ0v) is 13.0. The molecular formula is C16H25ClN2. The first kappa shape index (κ1) is 14.7. The molecule has 1 fully saturated rings. The van der Waals surface area contributed by atoms with Gasteiger partial charge in [-0.25, -0.2) is 0 Å². The molecule has 0 saturated carbocycles. The maximum Gasteiger partial charge on any atom is 0.0642 e. The van der Waals surface area contributed by atoms with E-state index in [0.717, 1.165) is 36.4 Å². The van der Waals surface area contributed by atoms with Crippen molar-refractivity contribution in [3.05, 3.63) is 28.8 Å². The van der Waals surface area contributed by atoms with Crippen LogP contribution in [-0.2, 0) is 6.42 Å². The highest BCUT2D eigenvalue weighted by molar-refractivity contribution is 6.33. The largest absolute Gasteiger partial charge is 0.370 e. The summed E-state index contributed by atoms with van der Waals surface area (Å²) in [6, 6.07) is 6.57. The van der Waals surface area contributed by atoms with E-state index in [-0.39, 0.29) is 6.04 Å². The van der Waals surface area contributed by atoms with Crippen LogP contribution in [0.2, 0.25) is 5.02 Å². The monoisotopic (exact) mass is 280 g/mol. The van der Waals surface area contributed by atoms with Crippen molar-refractivity contribution in [1.82, 2.24) is 0 Å². The minimum atomic E-state index is 0.178. The van der Waals surface area contributed by atoms with Crippen molar-refractivity contribution in [3.8, 4) is 0 Å². The predicted molar refractivity (Wildman–Crippen MR) is 84.0 cm³/mol. The molecule has 1 aromatic rings. The quantitative estimate of drug-likeness (QED) is 0.914. The Bertz CT molecular complexity index is 421. The number of anilines is 1. The lowest BCUT2D eigenvalue weighted by atomic mass is 9.91. The molecule has 0 aliphatic carbocycles. The highest BCUT2D eigenvalue weighted by Crippen LogP contribution is 2.32. The van der Waals surface area contributed by atoms with Gasteiger partial charge < -0.3 is 10.6 Å². The topological polar surface area (TPSA) is 29.3 Å². The second-order valence-electron chi connectivity index (χ2n) is 6.32. The Morgan fingerprint density at radius 3 is 2.47 bits per heavy atom. The molecule has 0 radical (unpaired) electrons. The van der Waals surface area contributed by atoms with Gasteiger partial charge in [0.2, 0.25) is 0 Å². The third-order valence-electron chi connectivity index (χ3n) is 3.78. The van der Waals surface area contributed by atoms with Crippen LogP contribution in [0.25, 0.3) is 0 Å². The van der Waals surface area contributed by atoms with Crippen LogP contribution in [0.1, 0.15) is 32.8 Å². The standard InChI is InChI=1S/C16H25ClN2/c1-11-6-12(2)10-19(9-11)16-5-4-14(7-13(3)18)8-15(16)17/h4-5,8,11-13H,6-7,9-10,18H2,1-3H3. The number of hydrogen-bond acceptors (Lipinski definition) is 2. The second-order valence-corrected chi connectivity index (χ2v) is 6.73. The summed E-state index contributed by atoms with van der Waals surface area (Å²) in [7, 11) is 0. The van der Waals surface area contributed by atoms with Crippen LogP contribution in [0.15, 0.2) is 18.2 Å². The van der Waals surface area contributed by atoms with E-state index in [4.69, 9.17) is 17.3 Å². The molecule has 0 aromatic heterocycles. The van der Waals surface area contributed by atoms with E-state index in [0.29, 0.717) is 0 Å². The molecule has 3 heteroatoms. The summed E-state index contributed by atoms with van der Waals surface area (Å²) >= 11 is 6.46. The zero-order valence-electron chi connectivity index (χ0n) is 12.2. The van der Waals surface area contributed by atoms with Gasteiger partial charge in [0.1, 0.15) is 0 Å². The van der Waals surface area contributed by atoms with Crippen molar-refractivity contribution in [1.29, 1.82) is 0 Å². The van der Waals surface area contributed by atoms with Crippen LogP contribution in [0.4, 0.5) is 5.69 Å². The first-order chi connectivity index (χ1) is 8.95. The fourth-order valence-corrected chi connectivity index (χ4v) is 3.49. The summed E-state index contributed by atoms with van der Waals surface area (Å²) in [5.41, 5.74) is 8.24. The first-order valence-electron chi connectivity index (χ1n) is 7.24. The molecule has 1 aliphatic rings. The molecule has 1 aromatic carbocycles. The molecule has 3 atom stereocenters. The Balaban J connectivity index is 2.16. The van der Waals surface area contributed by atoms with Gasteiger partial charge in [-0.05, 0) is 49.3 Å². The summed E-state index contributed by atoms with van der Waals surface area (Å²) in [4.78, 5) is 2.43. The van der Waals surface area contributed by atoms with Gasteiger partial charge >= 0.3 is 0 Å². The lowest BCUT2D eigenvalue weighted by Gasteiger charge is -2.37. The van der Waals surface area contributed by atoms with E-state index in [1.54, 1.807) is 0 Å². The van der Waals surface area contributed by atoms with Crippen LogP contribution in [0.3, 0.4) is 0 Å². The molecule has 0 spiro atoms. The lowest BCUT2D eigenvalue weighted by molar-refractivity contribution is 0.357. The molecule has 2 rings (SSSR count). The fraction of sp³-hybridized carbons (Fsp3) is 0.625. The van der Waals surface area contributed by atoms with Crippen LogP contribution < -0.4 is 10.6 Å². The van der Waals surface area contributed by atoms with E-state index in [2.05, 4.69) is 36.9 Å². The maximum absolute atomic E-state index is 6.46. The average Bonchev–Trinajstić information content (AvgIpc) is 2.26. The molecule has 2 nitrogen and oxygen atoms in total. The Morgan fingerprint density at radius 2 is 1.95 bits per heavy atom. The van der Waals surface area contributed by atoms with E-state index in [1.165, 1.54) is 17.7 Å². The van der Waals surface area contributed by atoms with Gasteiger partial charge in [-0.15, -0.1) is 0 Å². The van der Waals surface area contributed by atoms with Gasteiger partial charge in [-0.1, -0.05) is 31.5 Å². The van der Waals surface area contributed by atoms with E-state index in [1.807, 2.05) is 6.92 Å². The number of benzene rings is 1. The van der Waals surface area contributed by atoms with Crippen LogP contribution in [0, 0.1) is 11.8 Å². The van der Waals surface area contributed by atoms with Crippen molar-refractivity contribution < 1.29 is 0 Å². The number of nitrogens with two attached hydrogens (primary N) is 1. The van der Waals surface area contributed by atoms with Gasteiger partial charge in [0.05, 0.1) is 10.7 Å². The highest BCUT2D eigenvalue weighted by atomic mass is 35.5. The smallest absolute Gasteiger partial charge is 0.0642 e. The summed E-state index contributed by atoms with van der Waals surface area (Å²) in [5.74, 6) is 1.48. The van der Waals surface area contributed by atoms with Gasteiger partial charge in [0, 0.05) is 19.1 Å². The van der Waals surface area contributed by atoms with Crippen LogP contribution >= 0.6 is 11.6 Å². The lowest BCUT2D eigenvalue weighted by Crippen LogP contribution is -2.38. The fourth-order valence-electron chi connectivity index (χ4n) is 3.17. The van der Waals surface area contributed by atoms with E-state index >= 15 is 0 Å². The molecule has 1 heterocycles. The number of hydrogen-bond donors (Lipinski definition) is 1. The molecule has 0 amide bonds. The maximum atomic E-state index is 6.46. The van der Waals surface area contributed by atoms with Crippen molar-refractivity contribution in [2.75, 3.05) is 18.0 Å². The number of rotatable bonds is 3. The summed E-state index contributed by atoms with van der Waals surface area (Å²) < 4.78 is 0. The molecule has 1 aliphatic heterocycles. The summed E-state index contributed by atoms with van der Waals surface area (Å²) in [6.07, 6.45) is 2.20. The predicted octanol–water partition coefficient (Wildman–Crippen LogP) is 3.71. The van der Waals surface area contributed by atoms with Gasteiger partial charge in [-0.3, -0.25) is 0 Å². The van der Waals surface area contributed by atoms with Crippen molar-refractivity contribution >= 4 is 17.3 Å². The normalized spacial score (nSPS) is 25.4. The van der Waals surface area contributed by atoms with E-state index < -0.39 is 0 Å². The van der Waals surface area contributed by atoms with Crippen molar-refractivity contribution in [2.45, 2.75) is 39.7 Å².